The first-order valence-electron chi connectivity index (χ1n) is 5.02. The van der Waals surface area contributed by atoms with Crippen molar-refractivity contribution >= 4 is 0 Å². The number of hydrogen-bond donors (Lipinski definition) is 0. The summed E-state index contributed by atoms with van der Waals surface area (Å²) in [5.74, 6) is 3.47. The van der Waals surface area contributed by atoms with Crippen molar-refractivity contribution in [3.05, 3.63) is 35.5 Å². The number of rotatable bonds is 0. The number of hydrogen-bond acceptors (Lipinski definition) is 0. The van der Waals surface area contributed by atoms with Gasteiger partial charge in [0.05, 0.1) is 0 Å². The highest BCUT2D eigenvalue weighted by atomic mass is 14.5. The summed E-state index contributed by atoms with van der Waals surface area (Å²) in [6.45, 7) is 0. The van der Waals surface area contributed by atoms with E-state index in [1.807, 2.05) is 11.1 Å². The molecule has 0 N–H and O–H groups in total. The second-order valence-corrected chi connectivity index (χ2v) is 4.63. The normalized spacial score (nSPS) is 51.3. The van der Waals surface area contributed by atoms with Crippen LogP contribution >= 0.6 is 0 Å². The molecule has 0 saturated heterocycles. The molecule has 0 heterocycles. The van der Waals surface area contributed by atoms with E-state index >= 15 is 0 Å². The van der Waals surface area contributed by atoms with E-state index < -0.39 is 0 Å². The Morgan fingerprint density at radius 1 is 1.00 bits per heavy atom. The van der Waals surface area contributed by atoms with Gasteiger partial charge < -0.3 is 0 Å². The van der Waals surface area contributed by atoms with E-state index in [2.05, 4.69) is 24.3 Å². The maximum Gasteiger partial charge on any atom is 0.0163 e. The van der Waals surface area contributed by atoms with Crippen molar-refractivity contribution < 1.29 is 0 Å². The highest BCUT2D eigenvalue weighted by Crippen LogP contribution is 2.60. The average molecular weight is 156 g/mol. The first kappa shape index (κ1) is 5.80. The van der Waals surface area contributed by atoms with Gasteiger partial charge in [-0.3, -0.25) is 0 Å². The zero-order chi connectivity index (χ0) is 7.71. The fraction of sp³-hybridized carbons (Fsp3) is 0.500. The largest absolute Gasteiger partial charge is 0.0801 e. The van der Waals surface area contributed by atoms with Crippen LogP contribution < -0.4 is 0 Å². The number of allylic oxidation sites excluding steroid dienone is 6. The molecule has 0 heteroatoms. The summed E-state index contributed by atoms with van der Waals surface area (Å²) in [5, 5.41) is 0. The molecular formula is C12H12. The molecule has 60 valence electrons. The molecule has 0 amide bonds. The lowest BCUT2D eigenvalue weighted by atomic mass is 9.69. The van der Waals surface area contributed by atoms with E-state index in [9.17, 15) is 0 Å². The molecule has 0 nitrogen and oxygen atoms in total. The SMILES string of the molecule is C1=CC2C=CC1C1=C3CC(C3)C12. The van der Waals surface area contributed by atoms with Crippen molar-refractivity contribution in [3.63, 3.8) is 0 Å². The van der Waals surface area contributed by atoms with E-state index in [1.54, 1.807) is 0 Å². The molecule has 6 aliphatic carbocycles. The third kappa shape index (κ3) is 0.450. The Morgan fingerprint density at radius 2 is 1.75 bits per heavy atom. The Kier molecular flexibility index (Phi) is 0.778. The van der Waals surface area contributed by atoms with Crippen LogP contribution in [-0.2, 0) is 0 Å². The van der Waals surface area contributed by atoms with E-state index in [0.717, 1.165) is 17.8 Å². The van der Waals surface area contributed by atoms with Gasteiger partial charge >= 0.3 is 0 Å². The Morgan fingerprint density at radius 3 is 2.42 bits per heavy atom. The van der Waals surface area contributed by atoms with Crippen molar-refractivity contribution in [3.8, 4) is 0 Å². The van der Waals surface area contributed by atoms with Crippen LogP contribution in [0.2, 0.25) is 0 Å². The summed E-state index contributed by atoms with van der Waals surface area (Å²) in [6.07, 6.45) is 12.6. The Labute approximate surface area is 72.7 Å². The van der Waals surface area contributed by atoms with Crippen LogP contribution in [0.4, 0.5) is 0 Å². The molecular weight excluding hydrogens is 144 g/mol. The van der Waals surface area contributed by atoms with Gasteiger partial charge in [0, 0.05) is 11.8 Å². The highest BCUT2D eigenvalue weighted by Gasteiger charge is 2.49. The van der Waals surface area contributed by atoms with Crippen LogP contribution in [-0.4, -0.2) is 0 Å². The van der Waals surface area contributed by atoms with E-state index in [0.29, 0.717) is 5.92 Å². The fourth-order valence-corrected chi connectivity index (χ4v) is 3.60. The molecule has 1 fully saturated rings. The van der Waals surface area contributed by atoms with Crippen molar-refractivity contribution in [2.24, 2.45) is 23.7 Å². The molecule has 6 aliphatic rings. The molecule has 1 atom stereocenters. The average Bonchev–Trinajstić information content (AvgIpc) is 2.59. The standard InChI is InChI=1S/C12H12/c1-2-8-4-3-7(1)11-9-5-10(6-9)12(8)11/h1-4,7-9,11H,5-6H2. The predicted molar refractivity (Wildman–Crippen MR) is 48.5 cm³/mol. The summed E-state index contributed by atoms with van der Waals surface area (Å²) in [7, 11) is 0. The summed E-state index contributed by atoms with van der Waals surface area (Å²) >= 11 is 0. The highest BCUT2D eigenvalue weighted by molar-refractivity contribution is 5.46. The second-order valence-electron chi connectivity index (χ2n) is 4.63. The van der Waals surface area contributed by atoms with Crippen LogP contribution in [0, 0.1) is 23.7 Å². The van der Waals surface area contributed by atoms with Crippen molar-refractivity contribution in [1.29, 1.82) is 0 Å². The predicted octanol–water partition coefficient (Wildman–Crippen LogP) is 2.69. The van der Waals surface area contributed by atoms with Gasteiger partial charge in [-0.2, -0.15) is 0 Å². The first-order chi connectivity index (χ1) is 5.93. The van der Waals surface area contributed by atoms with Gasteiger partial charge in [0.25, 0.3) is 0 Å². The molecule has 1 unspecified atom stereocenters. The van der Waals surface area contributed by atoms with Gasteiger partial charge in [0.15, 0.2) is 0 Å². The lowest BCUT2D eigenvalue weighted by molar-refractivity contribution is 0.314. The van der Waals surface area contributed by atoms with E-state index in [1.165, 1.54) is 12.8 Å². The van der Waals surface area contributed by atoms with Crippen LogP contribution in [0.25, 0.3) is 0 Å². The van der Waals surface area contributed by atoms with Gasteiger partial charge in [-0.25, -0.2) is 0 Å². The minimum atomic E-state index is 0.711. The smallest absolute Gasteiger partial charge is 0.0163 e. The third-order valence-corrected chi connectivity index (χ3v) is 4.15. The van der Waals surface area contributed by atoms with Gasteiger partial charge in [-0.1, -0.05) is 35.5 Å². The molecule has 6 rings (SSSR count). The van der Waals surface area contributed by atoms with Crippen LogP contribution in [0.3, 0.4) is 0 Å². The molecule has 0 aromatic heterocycles. The monoisotopic (exact) mass is 156 g/mol. The maximum atomic E-state index is 2.43. The summed E-state index contributed by atoms with van der Waals surface area (Å²) in [5.41, 5.74) is 3.64. The van der Waals surface area contributed by atoms with Crippen LogP contribution in [0.1, 0.15) is 12.8 Å². The molecule has 0 aromatic carbocycles. The maximum absolute atomic E-state index is 2.43. The Hall–Kier alpha value is -0.780. The molecule has 0 aromatic rings. The Bertz CT molecular complexity index is 321. The van der Waals surface area contributed by atoms with Crippen molar-refractivity contribution in [2.45, 2.75) is 12.8 Å². The zero-order valence-electron chi connectivity index (χ0n) is 7.03. The topological polar surface area (TPSA) is 0 Å². The molecule has 4 bridgehead atoms. The van der Waals surface area contributed by atoms with Gasteiger partial charge in [-0.15, -0.1) is 0 Å². The second kappa shape index (κ2) is 1.61. The summed E-state index contributed by atoms with van der Waals surface area (Å²) < 4.78 is 0. The van der Waals surface area contributed by atoms with Crippen LogP contribution in [0.15, 0.2) is 35.5 Å². The fourth-order valence-electron chi connectivity index (χ4n) is 3.60. The van der Waals surface area contributed by atoms with Gasteiger partial charge in [-0.05, 0) is 24.7 Å². The molecule has 0 aliphatic heterocycles. The van der Waals surface area contributed by atoms with Gasteiger partial charge in [0.2, 0.25) is 0 Å². The summed E-state index contributed by atoms with van der Waals surface area (Å²) in [4.78, 5) is 0. The molecule has 12 heavy (non-hydrogen) atoms. The lowest BCUT2D eigenvalue weighted by Gasteiger charge is -2.35. The van der Waals surface area contributed by atoms with E-state index in [4.69, 9.17) is 0 Å². The quantitative estimate of drug-likeness (QED) is 0.473. The third-order valence-electron chi connectivity index (χ3n) is 4.15. The van der Waals surface area contributed by atoms with Crippen molar-refractivity contribution in [2.75, 3.05) is 0 Å². The lowest BCUT2D eigenvalue weighted by Crippen LogP contribution is -2.26. The van der Waals surface area contributed by atoms with E-state index in [-0.39, 0.29) is 0 Å². The molecule has 0 spiro atoms. The summed E-state index contributed by atoms with van der Waals surface area (Å²) in [6, 6.07) is 0. The van der Waals surface area contributed by atoms with Gasteiger partial charge in [0.1, 0.15) is 0 Å². The van der Waals surface area contributed by atoms with Crippen molar-refractivity contribution in [1.82, 2.24) is 0 Å². The minimum Gasteiger partial charge on any atom is -0.0801 e. The first-order valence-corrected chi connectivity index (χ1v) is 5.02. The molecule has 1 saturated carbocycles. The zero-order valence-corrected chi connectivity index (χ0v) is 7.03. The molecule has 0 radical (unpaired) electrons. The van der Waals surface area contributed by atoms with Crippen LogP contribution in [0.5, 0.6) is 0 Å². The minimum absolute atomic E-state index is 0.711. The Balaban J connectivity index is 1.98.